The van der Waals surface area contributed by atoms with Crippen molar-refractivity contribution in [1.82, 2.24) is 5.32 Å². The van der Waals surface area contributed by atoms with E-state index in [2.05, 4.69) is 26.6 Å². The maximum absolute atomic E-state index is 12.9. The van der Waals surface area contributed by atoms with Crippen molar-refractivity contribution in [1.29, 1.82) is 0 Å². The molecule has 0 bridgehead atoms. The Bertz CT molecular complexity index is 778. The van der Waals surface area contributed by atoms with Crippen molar-refractivity contribution in [2.45, 2.75) is 37.8 Å². The van der Waals surface area contributed by atoms with Gasteiger partial charge in [-0.15, -0.1) is 0 Å². The molecule has 1 fully saturated rings. The monoisotopic (exact) mass is 424 g/mol. The number of halogens is 2. The Morgan fingerprint density at radius 3 is 2.62 bits per heavy atom. The van der Waals surface area contributed by atoms with Gasteiger partial charge in [0, 0.05) is 18.2 Å². The molecule has 0 aliphatic heterocycles. The largest absolute Gasteiger partial charge is 0.446 e. The van der Waals surface area contributed by atoms with Crippen LogP contribution in [0.4, 0.5) is 14.9 Å². The highest BCUT2D eigenvalue weighted by Gasteiger charge is 2.27. The molecule has 1 aliphatic rings. The van der Waals surface area contributed by atoms with Crippen LogP contribution in [0.25, 0.3) is 0 Å². The Morgan fingerprint density at radius 1 is 1.15 bits per heavy atom. The summed E-state index contributed by atoms with van der Waals surface area (Å²) in [6.45, 7) is 0. The van der Waals surface area contributed by atoms with Gasteiger partial charge in [-0.2, -0.15) is 0 Å². The molecule has 26 heavy (non-hydrogen) atoms. The lowest BCUT2D eigenvalue weighted by Gasteiger charge is -2.29. The van der Waals surface area contributed by atoms with E-state index >= 15 is 0 Å². The van der Waals surface area contributed by atoms with E-state index in [0.717, 1.165) is 19.3 Å². The molecule has 3 rings (SSSR count). The van der Waals surface area contributed by atoms with E-state index in [0.29, 0.717) is 16.8 Å². The third-order valence-electron chi connectivity index (χ3n) is 4.12. The minimum absolute atomic E-state index is 0.0938. The second-order valence-electron chi connectivity index (χ2n) is 6.10. The summed E-state index contributed by atoms with van der Waals surface area (Å²) < 4.78 is 24.0. The lowest BCUT2D eigenvalue weighted by Crippen LogP contribution is -2.41. The van der Waals surface area contributed by atoms with Gasteiger partial charge in [-0.25, -0.2) is 9.18 Å². The number of ether oxygens (including phenoxy) is 1. The number of furan rings is 1. The maximum Gasteiger partial charge on any atom is 0.411 e. The molecule has 1 saturated carbocycles. The highest BCUT2D eigenvalue weighted by Crippen LogP contribution is 2.23. The Labute approximate surface area is 158 Å². The topological polar surface area (TPSA) is 80.6 Å². The van der Waals surface area contributed by atoms with Gasteiger partial charge in [0.15, 0.2) is 10.4 Å². The van der Waals surface area contributed by atoms with E-state index in [4.69, 9.17) is 9.15 Å². The molecule has 0 saturated heterocycles. The summed E-state index contributed by atoms with van der Waals surface area (Å²) in [4.78, 5) is 24.1. The van der Waals surface area contributed by atoms with Crippen molar-refractivity contribution in [2.24, 2.45) is 0 Å². The predicted octanol–water partition coefficient (Wildman–Crippen LogP) is 4.47. The van der Waals surface area contributed by atoms with E-state index in [-0.39, 0.29) is 29.6 Å². The van der Waals surface area contributed by atoms with Gasteiger partial charge in [-0.05, 0) is 71.6 Å². The summed E-state index contributed by atoms with van der Waals surface area (Å²) in [5.74, 6) is -0.440. The van der Waals surface area contributed by atoms with Gasteiger partial charge in [-0.1, -0.05) is 0 Å². The molecular weight excluding hydrogens is 407 g/mol. The molecule has 8 heteroatoms. The van der Waals surface area contributed by atoms with Crippen LogP contribution in [0.5, 0.6) is 0 Å². The lowest BCUT2D eigenvalue weighted by molar-refractivity contribution is 0.0702. The van der Waals surface area contributed by atoms with Crippen LogP contribution in [0.15, 0.2) is 45.5 Å². The summed E-state index contributed by atoms with van der Waals surface area (Å²) in [6.07, 6.45) is 2.02. The second kappa shape index (κ2) is 8.35. The molecule has 2 aromatic rings. The SMILES string of the molecule is O=C(Nc1ccc(F)cc1)O[C@H]1CCC[C@H](NC(=O)c2ccc(Br)o2)C1. The molecule has 2 atom stereocenters. The molecule has 1 aromatic carbocycles. The van der Waals surface area contributed by atoms with E-state index in [1.165, 1.54) is 24.3 Å². The number of amides is 2. The van der Waals surface area contributed by atoms with Gasteiger partial charge in [0.25, 0.3) is 5.91 Å². The summed E-state index contributed by atoms with van der Waals surface area (Å²) >= 11 is 3.16. The zero-order valence-electron chi connectivity index (χ0n) is 13.8. The number of carbonyl (C=O) groups is 2. The van der Waals surface area contributed by atoms with E-state index < -0.39 is 6.09 Å². The molecule has 2 amide bonds. The summed E-state index contributed by atoms with van der Waals surface area (Å²) in [6, 6.07) is 8.59. The second-order valence-corrected chi connectivity index (χ2v) is 6.88. The quantitative estimate of drug-likeness (QED) is 0.758. The van der Waals surface area contributed by atoms with Gasteiger partial charge >= 0.3 is 6.09 Å². The van der Waals surface area contributed by atoms with E-state index in [1.54, 1.807) is 12.1 Å². The number of hydrogen-bond donors (Lipinski definition) is 2. The molecule has 138 valence electrons. The first-order valence-corrected chi connectivity index (χ1v) is 9.08. The van der Waals surface area contributed by atoms with Crippen molar-refractivity contribution in [3.05, 3.63) is 52.6 Å². The van der Waals surface area contributed by atoms with Gasteiger partial charge < -0.3 is 14.5 Å². The van der Waals surface area contributed by atoms with Crippen LogP contribution < -0.4 is 10.6 Å². The minimum atomic E-state index is -0.594. The van der Waals surface area contributed by atoms with E-state index in [9.17, 15) is 14.0 Å². The fourth-order valence-electron chi connectivity index (χ4n) is 2.91. The van der Waals surface area contributed by atoms with Crippen LogP contribution in [-0.4, -0.2) is 24.1 Å². The van der Waals surface area contributed by atoms with Gasteiger partial charge in [0.1, 0.15) is 11.9 Å². The molecular formula is C18H18BrFN2O4. The molecule has 0 radical (unpaired) electrons. The molecule has 6 nitrogen and oxygen atoms in total. The smallest absolute Gasteiger partial charge is 0.411 e. The summed E-state index contributed by atoms with van der Waals surface area (Å²) in [7, 11) is 0. The number of nitrogens with one attached hydrogen (secondary N) is 2. The fourth-order valence-corrected chi connectivity index (χ4v) is 3.21. The highest BCUT2D eigenvalue weighted by atomic mass is 79.9. The van der Waals surface area contributed by atoms with Gasteiger partial charge in [-0.3, -0.25) is 10.1 Å². The minimum Gasteiger partial charge on any atom is -0.446 e. The van der Waals surface area contributed by atoms with Gasteiger partial charge in [0.2, 0.25) is 0 Å². The lowest BCUT2D eigenvalue weighted by atomic mass is 9.93. The normalized spacial score (nSPS) is 19.6. The van der Waals surface area contributed by atoms with Crippen LogP contribution in [-0.2, 0) is 4.74 Å². The standard InChI is InChI=1S/C18H18BrFN2O4/c19-16-9-8-15(26-16)17(23)21-13-2-1-3-14(10-13)25-18(24)22-12-6-4-11(20)5-7-12/h4-9,13-14H,1-3,10H2,(H,21,23)(H,22,24)/t13-,14-/m0/s1. The fraction of sp³-hybridized carbons (Fsp3) is 0.333. The maximum atomic E-state index is 12.9. The number of hydrogen-bond acceptors (Lipinski definition) is 4. The van der Waals surface area contributed by atoms with E-state index in [1.807, 2.05) is 0 Å². The highest BCUT2D eigenvalue weighted by molar-refractivity contribution is 9.10. The van der Waals surface area contributed by atoms with Crippen LogP contribution >= 0.6 is 15.9 Å². The predicted molar refractivity (Wildman–Crippen MR) is 96.4 cm³/mol. The summed E-state index contributed by atoms with van der Waals surface area (Å²) in [5, 5.41) is 5.47. The van der Waals surface area contributed by atoms with Crippen molar-refractivity contribution in [3.63, 3.8) is 0 Å². The molecule has 1 aliphatic carbocycles. The van der Waals surface area contributed by atoms with Crippen molar-refractivity contribution < 1.29 is 23.1 Å². The first-order valence-electron chi connectivity index (χ1n) is 8.29. The number of rotatable bonds is 4. The van der Waals surface area contributed by atoms with Crippen molar-refractivity contribution >= 4 is 33.6 Å². The first-order chi connectivity index (χ1) is 12.5. The third-order valence-corrected chi connectivity index (χ3v) is 4.55. The average Bonchev–Trinajstić information content (AvgIpc) is 3.04. The van der Waals surface area contributed by atoms with Crippen LogP contribution in [0.1, 0.15) is 36.2 Å². The zero-order valence-corrected chi connectivity index (χ0v) is 15.4. The molecule has 2 N–H and O–H groups in total. The average molecular weight is 425 g/mol. The van der Waals surface area contributed by atoms with Gasteiger partial charge in [0.05, 0.1) is 0 Å². The Balaban J connectivity index is 1.49. The van der Waals surface area contributed by atoms with Crippen LogP contribution in [0, 0.1) is 5.82 Å². The Morgan fingerprint density at radius 2 is 1.92 bits per heavy atom. The molecule has 0 spiro atoms. The molecule has 0 unspecified atom stereocenters. The van der Waals surface area contributed by atoms with Crippen LogP contribution in [0.3, 0.4) is 0 Å². The Kier molecular flexibility index (Phi) is 5.92. The first kappa shape index (κ1) is 18.4. The van der Waals surface area contributed by atoms with Crippen molar-refractivity contribution in [2.75, 3.05) is 5.32 Å². The summed E-state index contributed by atoms with van der Waals surface area (Å²) in [5.41, 5.74) is 0.459. The van der Waals surface area contributed by atoms with Crippen molar-refractivity contribution in [3.8, 4) is 0 Å². The molecule has 1 aromatic heterocycles. The number of anilines is 1. The third kappa shape index (κ3) is 5.08. The Hall–Kier alpha value is -2.35. The zero-order chi connectivity index (χ0) is 18.5. The van der Waals surface area contributed by atoms with Crippen LogP contribution in [0.2, 0.25) is 0 Å². The molecule has 1 heterocycles. The number of benzene rings is 1. The number of carbonyl (C=O) groups excluding carboxylic acids is 2.